The van der Waals surface area contributed by atoms with Gasteiger partial charge in [-0.3, -0.25) is 14.4 Å². The van der Waals surface area contributed by atoms with Crippen molar-refractivity contribution in [1.82, 2.24) is 0 Å². The lowest BCUT2D eigenvalue weighted by Gasteiger charge is -2.29. The topological polar surface area (TPSA) is 69.7 Å². The zero-order valence-electron chi connectivity index (χ0n) is 13.8. The molecule has 0 N–H and O–H groups in total. The van der Waals surface area contributed by atoms with Crippen molar-refractivity contribution in [1.29, 1.82) is 0 Å². The molecule has 0 radical (unpaired) electrons. The summed E-state index contributed by atoms with van der Waals surface area (Å²) in [6.45, 7) is 7.13. The zero-order valence-corrected chi connectivity index (χ0v) is 13.8. The van der Waals surface area contributed by atoms with E-state index in [0.717, 1.165) is 0 Å². The van der Waals surface area contributed by atoms with Crippen molar-refractivity contribution in [3.8, 4) is 0 Å². The average molecular weight is 316 g/mol. The fourth-order valence-corrected chi connectivity index (χ4v) is 3.66. The lowest BCUT2D eigenvalue weighted by molar-refractivity contribution is -0.168. The number of hydrogen-bond donors (Lipinski definition) is 0. The highest BCUT2D eigenvalue weighted by Crippen LogP contribution is 2.57. The minimum Gasteiger partial charge on any atom is -0.468 e. The Bertz CT molecular complexity index is 663. The van der Waals surface area contributed by atoms with Gasteiger partial charge in [0, 0.05) is 11.8 Å². The molecule has 0 aromatic carbocycles. The third-order valence-corrected chi connectivity index (χ3v) is 4.66. The molecule has 5 nitrogen and oxygen atoms in total. The van der Waals surface area contributed by atoms with Crippen molar-refractivity contribution in [3.63, 3.8) is 0 Å². The van der Waals surface area contributed by atoms with Gasteiger partial charge < -0.3 is 9.47 Å². The van der Waals surface area contributed by atoms with Crippen LogP contribution in [0, 0.1) is 10.8 Å². The highest BCUT2D eigenvalue weighted by atomic mass is 16.5. The van der Waals surface area contributed by atoms with Crippen LogP contribution in [0.4, 0.5) is 0 Å². The summed E-state index contributed by atoms with van der Waals surface area (Å²) >= 11 is 0. The van der Waals surface area contributed by atoms with Crippen molar-refractivity contribution < 1.29 is 23.9 Å². The first-order valence-corrected chi connectivity index (χ1v) is 7.26. The predicted octanol–water partition coefficient (Wildman–Crippen LogP) is 2.29. The Balaban J connectivity index is 2.65. The van der Waals surface area contributed by atoms with Gasteiger partial charge in [0.1, 0.15) is 0 Å². The van der Waals surface area contributed by atoms with E-state index >= 15 is 0 Å². The van der Waals surface area contributed by atoms with E-state index in [4.69, 9.17) is 9.47 Å². The molecular formula is C18H20O5. The molecular weight excluding hydrogens is 296 g/mol. The van der Waals surface area contributed by atoms with Gasteiger partial charge in [-0.05, 0) is 37.0 Å². The van der Waals surface area contributed by atoms with E-state index in [9.17, 15) is 14.4 Å². The van der Waals surface area contributed by atoms with E-state index in [1.165, 1.54) is 14.2 Å². The molecule has 0 unspecified atom stereocenters. The number of Topliss-reactive ketones (excluding diaryl/α,β-unsaturated/α-hetero) is 1. The van der Waals surface area contributed by atoms with E-state index in [2.05, 4.69) is 12.3 Å². The molecule has 2 rings (SSSR count). The molecule has 0 aliphatic heterocycles. The van der Waals surface area contributed by atoms with Crippen LogP contribution in [0.2, 0.25) is 0 Å². The van der Waals surface area contributed by atoms with E-state index < -0.39 is 22.8 Å². The Labute approximate surface area is 135 Å². The lowest BCUT2D eigenvalue weighted by Crippen LogP contribution is -2.40. The molecule has 0 atom stereocenters. The standard InChI is InChI=1S/C18H20O5/c1-6-13-9-18(15(20)22-4,16(21)23-5)10-17(13)7-11(2)14(19)12(3)8-17/h7-8H,1,9-10H2,2-5H3. The quantitative estimate of drug-likeness (QED) is 0.444. The molecule has 2 aliphatic carbocycles. The van der Waals surface area contributed by atoms with Crippen LogP contribution in [0.1, 0.15) is 26.7 Å². The van der Waals surface area contributed by atoms with Crippen LogP contribution in [-0.2, 0) is 23.9 Å². The Morgan fingerprint density at radius 1 is 1.13 bits per heavy atom. The number of ether oxygens (including phenoxy) is 2. The molecule has 1 spiro atoms. The Morgan fingerprint density at radius 3 is 2.00 bits per heavy atom. The van der Waals surface area contributed by atoms with E-state index in [0.29, 0.717) is 16.7 Å². The van der Waals surface area contributed by atoms with Gasteiger partial charge >= 0.3 is 11.9 Å². The summed E-state index contributed by atoms with van der Waals surface area (Å²) in [5, 5.41) is 0. The maximum absolute atomic E-state index is 12.4. The molecule has 0 bridgehead atoms. The number of esters is 2. The molecule has 0 heterocycles. The molecule has 1 saturated carbocycles. The zero-order chi connectivity index (χ0) is 17.4. The summed E-state index contributed by atoms with van der Waals surface area (Å²) in [5.74, 6) is -1.35. The first kappa shape index (κ1) is 17.0. The molecule has 0 aromatic rings. The molecule has 5 heteroatoms. The summed E-state index contributed by atoms with van der Waals surface area (Å²) in [4.78, 5) is 36.8. The summed E-state index contributed by atoms with van der Waals surface area (Å²) in [5.41, 5.74) is 2.48. The number of hydrogen-bond acceptors (Lipinski definition) is 5. The van der Waals surface area contributed by atoms with Crippen LogP contribution < -0.4 is 0 Å². The Kier molecular flexibility index (Phi) is 4.18. The van der Waals surface area contributed by atoms with Crippen molar-refractivity contribution in [3.05, 3.63) is 41.2 Å². The SMILES string of the molecule is C=C=C1CC(C(=O)OC)(C(=O)OC)CC12C=C(C)C(=O)C(C)=C2. The Morgan fingerprint density at radius 2 is 1.61 bits per heavy atom. The van der Waals surface area contributed by atoms with Crippen LogP contribution >= 0.6 is 0 Å². The van der Waals surface area contributed by atoms with E-state index in [-0.39, 0.29) is 18.6 Å². The summed E-state index contributed by atoms with van der Waals surface area (Å²) in [6, 6.07) is 0. The minimum atomic E-state index is -1.45. The molecule has 0 amide bonds. The van der Waals surface area contributed by atoms with Gasteiger partial charge in [0.2, 0.25) is 0 Å². The summed E-state index contributed by atoms with van der Waals surface area (Å²) in [6.07, 6.45) is 3.81. The maximum atomic E-state index is 12.4. The monoisotopic (exact) mass is 316 g/mol. The molecule has 1 fully saturated rings. The van der Waals surface area contributed by atoms with Gasteiger partial charge in [-0.25, -0.2) is 0 Å². The number of methoxy groups -OCH3 is 2. The van der Waals surface area contributed by atoms with Gasteiger partial charge in [-0.1, -0.05) is 18.7 Å². The molecule has 23 heavy (non-hydrogen) atoms. The predicted molar refractivity (Wildman–Crippen MR) is 83.3 cm³/mol. The van der Waals surface area contributed by atoms with Gasteiger partial charge in [-0.15, -0.1) is 5.73 Å². The summed E-state index contributed by atoms with van der Waals surface area (Å²) < 4.78 is 9.70. The first-order chi connectivity index (χ1) is 10.8. The first-order valence-electron chi connectivity index (χ1n) is 7.26. The largest absolute Gasteiger partial charge is 0.468 e. The second kappa shape index (κ2) is 5.67. The normalized spacial score (nSPS) is 21.4. The van der Waals surface area contributed by atoms with Crippen LogP contribution in [-0.4, -0.2) is 31.9 Å². The van der Waals surface area contributed by atoms with Crippen LogP contribution in [0.25, 0.3) is 0 Å². The molecule has 0 saturated heterocycles. The van der Waals surface area contributed by atoms with Crippen molar-refractivity contribution in [2.45, 2.75) is 26.7 Å². The highest BCUT2D eigenvalue weighted by molar-refractivity contribution is 6.09. The van der Waals surface area contributed by atoms with Crippen molar-refractivity contribution in [2.75, 3.05) is 14.2 Å². The third-order valence-electron chi connectivity index (χ3n) is 4.66. The number of carbonyl (C=O) groups is 3. The minimum absolute atomic E-state index is 0.0485. The number of carbonyl (C=O) groups excluding carboxylic acids is 3. The van der Waals surface area contributed by atoms with Gasteiger partial charge in [-0.2, -0.15) is 0 Å². The number of ketones is 1. The second-order valence-corrected chi connectivity index (χ2v) is 6.10. The molecule has 0 aromatic heterocycles. The van der Waals surface area contributed by atoms with Crippen molar-refractivity contribution >= 4 is 17.7 Å². The maximum Gasteiger partial charge on any atom is 0.323 e. The fraction of sp³-hybridized carbons (Fsp3) is 0.444. The van der Waals surface area contributed by atoms with Crippen LogP contribution in [0.5, 0.6) is 0 Å². The average Bonchev–Trinajstić information content (AvgIpc) is 2.85. The van der Waals surface area contributed by atoms with Gasteiger partial charge in [0.15, 0.2) is 11.2 Å². The second-order valence-electron chi connectivity index (χ2n) is 6.10. The van der Waals surface area contributed by atoms with E-state index in [1.807, 2.05) is 0 Å². The van der Waals surface area contributed by atoms with Crippen molar-refractivity contribution in [2.24, 2.45) is 10.8 Å². The number of rotatable bonds is 2. The fourth-order valence-electron chi connectivity index (χ4n) is 3.66. The van der Waals surface area contributed by atoms with Gasteiger partial charge in [0.25, 0.3) is 0 Å². The molecule has 2 aliphatic rings. The van der Waals surface area contributed by atoms with Gasteiger partial charge in [0.05, 0.1) is 14.2 Å². The lowest BCUT2D eigenvalue weighted by atomic mass is 9.73. The summed E-state index contributed by atoms with van der Waals surface area (Å²) in [7, 11) is 2.48. The number of allylic oxidation sites excluding steroid dienone is 5. The van der Waals surface area contributed by atoms with Crippen LogP contribution in [0.15, 0.2) is 41.2 Å². The van der Waals surface area contributed by atoms with E-state index in [1.54, 1.807) is 26.0 Å². The smallest absolute Gasteiger partial charge is 0.323 e. The molecule has 122 valence electrons. The Hall–Kier alpha value is -2.39. The third kappa shape index (κ3) is 2.37. The highest BCUT2D eigenvalue weighted by Gasteiger charge is 2.60. The van der Waals surface area contributed by atoms with Crippen LogP contribution in [0.3, 0.4) is 0 Å².